The first-order chi connectivity index (χ1) is 9.11. The third kappa shape index (κ3) is 3.07. The Balaban J connectivity index is 2.05. The number of carbonyl (C=O) groups excluding carboxylic acids is 1. The van der Waals surface area contributed by atoms with E-state index in [0.717, 1.165) is 12.1 Å². The average molecular weight is 268 g/mol. The first-order valence-corrected chi connectivity index (χ1v) is 6.07. The minimum Gasteiger partial charge on any atom is -0.466 e. The van der Waals surface area contributed by atoms with Crippen molar-refractivity contribution in [2.24, 2.45) is 0 Å². The molecular weight excluding hydrogens is 254 g/mol. The Bertz CT molecular complexity index is 596. The topological polar surface area (TPSA) is 44.1 Å². The van der Waals surface area contributed by atoms with E-state index in [9.17, 15) is 13.6 Å². The number of hydrogen-bond acceptors (Lipinski definition) is 3. The van der Waals surface area contributed by atoms with Crippen LogP contribution in [0.5, 0.6) is 0 Å². The number of hydrogen-bond donors (Lipinski definition) is 0. The van der Waals surface area contributed by atoms with E-state index in [2.05, 4.69) is 4.98 Å². The van der Waals surface area contributed by atoms with Gasteiger partial charge in [-0.1, -0.05) is 0 Å². The largest absolute Gasteiger partial charge is 0.466 e. The van der Waals surface area contributed by atoms with Gasteiger partial charge in [-0.15, -0.1) is 0 Å². The van der Waals surface area contributed by atoms with Gasteiger partial charge in [-0.3, -0.25) is 4.79 Å². The second-order valence-corrected chi connectivity index (χ2v) is 4.10. The molecule has 2 rings (SSSR count). The molecule has 0 amide bonds. The Labute approximate surface area is 109 Å². The summed E-state index contributed by atoms with van der Waals surface area (Å²) in [7, 11) is 0. The molecule has 4 nitrogen and oxygen atoms in total. The van der Waals surface area contributed by atoms with Crippen molar-refractivity contribution >= 4 is 17.0 Å². The highest BCUT2D eigenvalue weighted by molar-refractivity contribution is 5.75. The van der Waals surface area contributed by atoms with Crippen LogP contribution in [0.3, 0.4) is 0 Å². The first kappa shape index (κ1) is 13.5. The molecule has 2 aromatic rings. The summed E-state index contributed by atoms with van der Waals surface area (Å²) in [5.41, 5.74) is 0.915. The summed E-state index contributed by atoms with van der Waals surface area (Å²) in [6, 6.07) is 2.18. The van der Waals surface area contributed by atoms with E-state index >= 15 is 0 Å². The second kappa shape index (κ2) is 5.77. The molecule has 0 atom stereocenters. The Morgan fingerprint density at radius 2 is 2.11 bits per heavy atom. The number of esters is 1. The molecule has 0 aliphatic heterocycles. The molecular formula is C13H14F2N2O2. The molecule has 0 N–H and O–H groups in total. The number of aryl methyl sites for hydroxylation is 1. The number of imidazole rings is 1. The van der Waals surface area contributed by atoms with Gasteiger partial charge in [0.1, 0.15) is 0 Å². The predicted octanol–water partition coefficient (Wildman–Crippen LogP) is 2.66. The number of ether oxygens (including phenoxy) is 1. The third-order valence-corrected chi connectivity index (χ3v) is 2.75. The SMILES string of the molecule is CCOC(=O)CCCn1cnc2cc(F)c(F)cc21. The summed E-state index contributed by atoms with van der Waals surface area (Å²) in [6.45, 7) is 2.61. The minimum atomic E-state index is -0.913. The number of carbonyl (C=O) groups is 1. The van der Waals surface area contributed by atoms with Gasteiger partial charge in [-0.25, -0.2) is 13.8 Å². The monoisotopic (exact) mass is 268 g/mol. The van der Waals surface area contributed by atoms with E-state index in [4.69, 9.17) is 4.74 Å². The van der Waals surface area contributed by atoms with Crippen LogP contribution in [-0.2, 0) is 16.1 Å². The lowest BCUT2D eigenvalue weighted by molar-refractivity contribution is -0.143. The van der Waals surface area contributed by atoms with Crippen LogP contribution in [0.2, 0.25) is 0 Å². The molecule has 0 unspecified atom stereocenters. The van der Waals surface area contributed by atoms with Gasteiger partial charge in [0.15, 0.2) is 11.6 Å². The molecule has 0 saturated heterocycles. The van der Waals surface area contributed by atoms with Crippen LogP contribution in [0.4, 0.5) is 8.78 Å². The Hall–Kier alpha value is -1.98. The van der Waals surface area contributed by atoms with Crippen LogP contribution in [-0.4, -0.2) is 22.1 Å². The highest BCUT2D eigenvalue weighted by Gasteiger charge is 2.09. The van der Waals surface area contributed by atoms with Gasteiger partial charge in [0.05, 0.1) is 24.0 Å². The van der Waals surface area contributed by atoms with Crippen molar-refractivity contribution in [3.8, 4) is 0 Å². The lowest BCUT2D eigenvalue weighted by Gasteiger charge is -2.04. The minimum absolute atomic E-state index is 0.260. The maximum Gasteiger partial charge on any atom is 0.305 e. The molecule has 19 heavy (non-hydrogen) atoms. The number of benzene rings is 1. The molecule has 0 saturated carbocycles. The maximum absolute atomic E-state index is 13.2. The molecule has 0 spiro atoms. The van der Waals surface area contributed by atoms with Gasteiger partial charge in [-0.05, 0) is 13.3 Å². The average Bonchev–Trinajstić information content (AvgIpc) is 2.73. The summed E-state index contributed by atoms with van der Waals surface area (Å²) in [4.78, 5) is 15.2. The summed E-state index contributed by atoms with van der Waals surface area (Å²) >= 11 is 0. The molecule has 0 aliphatic carbocycles. The van der Waals surface area contributed by atoms with Crippen molar-refractivity contribution in [1.29, 1.82) is 0 Å². The molecule has 0 aliphatic rings. The number of fused-ring (bicyclic) bond motifs is 1. The predicted molar refractivity (Wildman–Crippen MR) is 65.5 cm³/mol. The summed E-state index contributed by atoms with van der Waals surface area (Å²) in [6.07, 6.45) is 2.36. The van der Waals surface area contributed by atoms with Gasteiger partial charge in [-0.2, -0.15) is 0 Å². The zero-order valence-electron chi connectivity index (χ0n) is 10.5. The fourth-order valence-electron chi connectivity index (χ4n) is 1.86. The molecule has 1 heterocycles. The summed E-state index contributed by atoms with van der Waals surface area (Å²) in [5, 5.41) is 0. The number of nitrogens with zero attached hydrogens (tertiary/aromatic N) is 2. The first-order valence-electron chi connectivity index (χ1n) is 6.07. The van der Waals surface area contributed by atoms with Crippen LogP contribution in [0.1, 0.15) is 19.8 Å². The smallest absolute Gasteiger partial charge is 0.305 e. The van der Waals surface area contributed by atoms with Gasteiger partial charge < -0.3 is 9.30 Å². The fraction of sp³-hybridized carbons (Fsp3) is 0.385. The van der Waals surface area contributed by atoms with Crippen molar-refractivity contribution in [3.05, 3.63) is 30.1 Å². The van der Waals surface area contributed by atoms with Gasteiger partial charge in [0, 0.05) is 25.1 Å². The standard InChI is InChI=1S/C13H14F2N2O2/c1-2-19-13(18)4-3-5-17-8-16-11-6-9(14)10(15)7-12(11)17/h6-8H,2-5H2,1H3. The van der Waals surface area contributed by atoms with E-state index in [0.29, 0.717) is 30.6 Å². The molecule has 1 aromatic carbocycles. The highest BCUT2D eigenvalue weighted by atomic mass is 19.2. The van der Waals surface area contributed by atoms with E-state index in [1.165, 1.54) is 6.33 Å². The van der Waals surface area contributed by atoms with Crippen molar-refractivity contribution in [2.45, 2.75) is 26.3 Å². The van der Waals surface area contributed by atoms with Gasteiger partial charge in [0.25, 0.3) is 0 Å². The highest BCUT2D eigenvalue weighted by Crippen LogP contribution is 2.17. The van der Waals surface area contributed by atoms with Gasteiger partial charge >= 0.3 is 5.97 Å². The van der Waals surface area contributed by atoms with Crippen LogP contribution in [0, 0.1) is 11.6 Å². The molecule has 6 heteroatoms. The van der Waals surface area contributed by atoms with Crippen molar-refractivity contribution in [1.82, 2.24) is 9.55 Å². The Kier molecular flexibility index (Phi) is 4.09. The summed E-state index contributed by atoms with van der Waals surface area (Å²) < 4.78 is 32.7. The lowest BCUT2D eigenvalue weighted by atomic mass is 10.2. The number of rotatable bonds is 5. The Morgan fingerprint density at radius 3 is 2.84 bits per heavy atom. The second-order valence-electron chi connectivity index (χ2n) is 4.10. The van der Waals surface area contributed by atoms with Crippen LogP contribution in [0.15, 0.2) is 18.5 Å². The third-order valence-electron chi connectivity index (χ3n) is 2.75. The molecule has 0 radical (unpaired) electrons. The number of aromatic nitrogens is 2. The van der Waals surface area contributed by atoms with Crippen LogP contribution >= 0.6 is 0 Å². The van der Waals surface area contributed by atoms with Crippen molar-refractivity contribution in [2.75, 3.05) is 6.61 Å². The molecule has 0 bridgehead atoms. The van der Waals surface area contributed by atoms with E-state index in [1.54, 1.807) is 11.5 Å². The van der Waals surface area contributed by atoms with E-state index in [1.807, 2.05) is 0 Å². The quantitative estimate of drug-likeness (QED) is 0.783. The van der Waals surface area contributed by atoms with Crippen molar-refractivity contribution in [3.63, 3.8) is 0 Å². The zero-order chi connectivity index (χ0) is 13.8. The fourth-order valence-corrected chi connectivity index (χ4v) is 1.86. The summed E-state index contributed by atoms with van der Waals surface area (Å²) in [5.74, 6) is -2.08. The van der Waals surface area contributed by atoms with Crippen molar-refractivity contribution < 1.29 is 18.3 Å². The zero-order valence-corrected chi connectivity index (χ0v) is 10.5. The normalized spacial score (nSPS) is 10.9. The van der Waals surface area contributed by atoms with E-state index < -0.39 is 11.6 Å². The molecule has 1 aromatic heterocycles. The van der Waals surface area contributed by atoms with Gasteiger partial charge in [0.2, 0.25) is 0 Å². The number of halogens is 2. The molecule has 0 fully saturated rings. The van der Waals surface area contributed by atoms with Crippen LogP contribution < -0.4 is 0 Å². The molecule has 102 valence electrons. The Morgan fingerprint density at radius 1 is 1.37 bits per heavy atom. The van der Waals surface area contributed by atoms with Crippen LogP contribution in [0.25, 0.3) is 11.0 Å². The van der Waals surface area contributed by atoms with E-state index in [-0.39, 0.29) is 12.4 Å². The maximum atomic E-state index is 13.2. The lowest BCUT2D eigenvalue weighted by Crippen LogP contribution is -2.06.